The molecule has 1 aromatic heterocycles. The Hall–Kier alpha value is -2.11. The summed E-state index contributed by atoms with van der Waals surface area (Å²) < 4.78 is 54.4. The first kappa shape index (κ1) is 23.9. The summed E-state index contributed by atoms with van der Waals surface area (Å²) in [5.41, 5.74) is 2.09. The van der Waals surface area contributed by atoms with E-state index < -0.39 is 12.8 Å². The van der Waals surface area contributed by atoms with E-state index in [9.17, 15) is 17.6 Å². The second kappa shape index (κ2) is 11.0. The van der Waals surface area contributed by atoms with Gasteiger partial charge in [0, 0.05) is 32.4 Å². The third kappa shape index (κ3) is 8.28. The van der Waals surface area contributed by atoms with Crippen LogP contribution in [0.4, 0.5) is 17.6 Å². The maximum atomic E-state index is 13.6. The average molecular weight is 512 g/mol. The molecule has 0 spiro atoms. The molecule has 0 bridgehead atoms. The van der Waals surface area contributed by atoms with E-state index in [1.807, 2.05) is 6.07 Å². The highest BCUT2D eigenvalue weighted by Crippen LogP contribution is 2.17. The number of benzene rings is 1. The zero-order valence-electron chi connectivity index (χ0n) is 15.3. The van der Waals surface area contributed by atoms with E-state index >= 15 is 0 Å². The van der Waals surface area contributed by atoms with Crippen LogP contribution in [0.2, 0.25) is 0 Å². The Balaban J connectivity index is 0.00000392. The number of aliphatic imine (C=N–C) groups is 1. The lowest BCUT2D eigenvalue weighted by molar-refractivity contribution is -0.154. The van der Waals surface area contributed by atoms with Gasteiger partial charge in [-0.25, -0.2) is 9.37 Å². The number of aromatic nitrogens is 1. The topological polar surface area (TPSA) is 58.5 Å². The average Bonchev–Trinajstić information content (AvgIpc) is 2.63. The molecule has 28 heavy (non-hydrogen) atoms. The second-order valence-electron chi connectivity index (χ2n) is 5.77. The summed E-state index contributed by atoms with van der Waals surface area (Å²) in [6.45, 7) is 1.06. The molecule has 0 atom stereocenters. The van der Waals surface area contributed by atoms with Crippen LogP contribution in [-0.2, 0) is 13.1 Å². The summed E-state index contributed by atoms with van der Waals surface area (Å²) in [6, 6.07) is 7.96. The smallest absolute Gasteiger partial charge is 0.422 e. The van der Waals surface area contributed by atoms with E-state index in [2.05, 4.69) is 25.3 Å². The van der Waals surface area contributed by atoms with Crippen molar-refractivity contribution in [2.24, 2.45) is 4.99 Å². The van der Waals surface area contributed by atoms with Crippen LogP contribution in [-0.4, -0.2) is 30.8 Å². The van der Waals surface area contributed by atoms with Gasteiger partial charge in [0.25, 0.3) is 0 Å². The monoisotopic (exact) mass is 512 g/mol. The zero-order chi connectivity index (χ0) is 19.9. The number of alkyl halides is 3. The highest BCUT2D eigenvalue weighted by Gasteiger charge is 2.28. The first-order chi connectivity index (χ1) is 12.8. The number of pyridine rings is 1. The van der Waals surface area contributed by atoms with Crippen LogP contribution < -0.4 is 15.4 Å². The summed E-state index contributed by atoms with van der Waals surface area (Å²) in [7, 11) is 1.59. The van der Waals surface area contributed by atoms with E-state index in [1.165, 1.54) is 18.3 Å². The summed E-state index contributed by atoms with van der Waals surface area (Å²) in [6.07, 6.45) is -2.98. The van der Waals surface area contributed by atoms with Gasteiger partial charge < -0.3 is 15.4 Å². The van der Waals surface area contributed by atoms with Gasteiger partial charge in [0.1, 0.15) is 5.82 Å². The van der Waals surface area contributed by atoms with Crippen molar-refractivity contribution in [2.75, 3.05) is 13.7 Å². The summed E-state index contributed by atoms with van der Waals surface area (Å²) in [4.78, 5) is 7.90. The molecule has 0 aliphatic carbocycles. The Kier molecular flexibility index (Phi) is 9.42. The van der Waals surface area contributed by atoms with Crippen molar-refractivity contribution in [3.63, 3.8) is 0 Å². The predicted molar refractivity (Wildman–Crippen MR) is 109 cm³/mol. The Morgan fingerprint density at radius 3 is 2.29 bits per heavy atom. The first-order valence-corrected chi connectivity index (χ1v) is 8.11. The molecule has 154 valence electrons. The molecule has 0 aliphatic rings. The second-order valence-corrected chi connectivity index (χ2v) is 5.77. The Labute approximate surface area is 177 Å². The van der Waals surface area contributed by atoms with E-state index in [4.69, 9.17) is 0 Å². The van der Waals surface area contributed by atoms with Crippen molar-refractivity contribution in [3.8, 4) is 5.88 Å². The van der Waals surface area contributed by atoms with E-state index in [0.717, 1.165) is 11.1 Å². The number of guanidine groups is 1. The molecule has 10 heteroatoms. The van der Waals surface area contributed by atoms with Crippen LogP contribution in [0.5, 0.6) is 5.88 Å². The van der Waals surface area contributed by atoms with Gasteiger partial charge in [0.2, 0.25) is 5.88 Å². The van der Waals surface area contributed by atoms with Gasteiger partial charge in [-0.15, -0.1) is 24.0 Å². The first-order valence-electron chi connectivity index (χ1n) is 8.11. The number of nitrogens with zero attached hydrogens (tertiary/aromatic N) is 2. The lowest BCUT2D eigenvalue weighted by Gasteiger charge is -2.13. The molecule has 2 aromatic rings. The van der Waals surface area contributed by atoms with Gasteiger partial charge in [0.15, 0.2) is 12.6 Å². The van der Waals surface area contributed by atoms with Crippen LogP contribution in [0.25, 0.3) is 0 Å². The van der Waals surface area contributed by atoms with E-state index in [-0.39, 0.29) is 35.7 Å². The number of hydrogen-bond donors (Lipinski definition) is 2. The van der Waals surface area contributed by atoms with Crippen LogP contribution in [0.1, 0.15) is 16.7 Å². The van der Waals surface area contributed by atoms with Crippen molar-refractivity contribution < 1.29 is 22.3 Å². The quantitative estimate of drug-likeness (QED) is 0.267. The third-order valence-electron chi connectivity index (χ3n) is 3.56. The maximum Gasteiger partial charge on any atom is 0.422 e. The highest BCUT2D eigenvalue weighted by molar-refractivity contribution is 14.0. The largest absolute Gasteiger partial charge is 0.468 e. The minimum Gasteiger partial charge on any atom is -0.468 e. The lowest BCUT2D eigenvalue weighted by Crippen LogP contribution is -2.36. The highest BCUT2D eigenvalue weighted by atomic mass is 127. The molecule has 2 N–H and O–H groups in total. The molecule has 0 radical (unpaired) electrons. The van der Waals surface area contributed by atoms with Crippen LogP contribution in [0, 0.1) is 12.7 Å². The van der Waals surface area contributed by atoms with Crippen molar-refractivity contribution in [3.05, 3.63) is 59.0 Å². The minimum absolute atomic E-state index is 0. The molecular formula is C18H21F4IN4O. The fourth-order valence-electron chi connectivity index (χ4n) is 2.10. The number of halogens is 5. The third-order valence-corrected chi connectivity index (χ3v) is 3.56. The summed E-state index contributed by atoms with van der Waals surface area (Å²) in [5, 5.41) is 6.10. The molecule has 2 rings (SSSR count). The molecule has 0 saturated carbocycles. The molecule has 0 amide bonds. The van der Waals surface area contributed by atoms with Crippen LogP contribution >= 0.6 is 24.0 Å². The zero-order valence-corrected chi connectivity index (χ0v) is 17.6. The Morgan fingerprint density at radius 1 is 1.11 bits per heavy atom. The van der Waals surface area contributed by atoms with Crippen molar-refractivity contribution in [2.45, 2.75) is 26.2 Å². The standard InChI is InChI=1S/C18H20F4N4O.HI/c1-12-3-4-13(7-15(12)19)8-25-17(23-2)26-10-14-5-6-16(24-9-14)27-11-18(20,21)22;/h3-7,9H,8,10-11H2,1-2H3,(H2,23,25,26);1H. The van der Waals surface area contributed by atoms with Gasteiger partial charge in [-0.1, -0.05) is 18.2 Å². The van der Waals surface area contributed by atoms with E-state index in [0.29, 0.717) is 24.6 Å². The minimum atomic E-state index is -4.40. The number of nitrogens with one attached hydrogen (secondary N) is 2. The molecule has 0 fully saturated rings. The Bertz CT molecular complexity index is 782. The summed E-state index contributed by atoms with van der Waals surface area (Å²) in [5.74, 6) is 0.129. The van der Waals surface area contributed by atoms with Crippen molar-refractivity contribution in [1.82, 2.24) is 15.6 Å². The fourth-order valence-corrected chi connectivity index (χ4v) is 2.10. The lowest BCUT2D eigenvalue weighted by atomic mass is 10.1. The van der Waals surface area contributed by atoms with Gasteiger partial charge in [-0.05, 0) is 29.7 Å². The number of aryl methyl sites for hydroxylation is 1. The molecule has 1 aromatic carbocycles. The molecular weight excluding hydrogens is 491 g/mol. The van der Waals surface area contributed by atoms with Crippen LogP contribution in [0.3, 0.4) is 0 Å². The molecule has 0 unspecified atom stereocenters. The fraction of sp³-hybridized carbons (Fsp3) is 0.333. The van der Waals surface area contributed by atoms with Gasteiger partial charge >= 0.3 is 6.18 Å². The number of hydrogen-bond acceptors (Lipinski definition) is 3. The van der Waals surface area contributed by atoms with Gasteiger partial charge in [-0.2, -0.15) is 13.2 Å². The van der Waals surface area contributed by atoms with Crippen molar-refractivity contribution >= 4 is 29.9 Å². The number of rotatable bonds is 6. The summed E-state index contributed by atoms with van der Waals surface area (Å²) >= 11 is 0. The molecule has 1 heterocycles. The van der Waals surface area contributed by atoms with E-state index in [1.54, 1.807) is 26.1 Å². The molecule has 5 nitrogen and oxygen atoms in total. The molecule has 0 aliphatic heterocycles. The SMILES string of the molecule is CN=C(NCc1ccc(OCC(F)(F)F)nc1)NCc1ccc(C)c(F)c1.I. The van der Waals surface area contributed by atoms with Gasteiger partial charge in [0.05, 0.1) is 0 Å². The predicted octanol–water partition coefficient (Wildman–Crippen LogP) is 3.95. The van der Waals surface area contributed by atoms with Crippen molar-refractivity contribution in [1.29, 1.82) is 0 Å². The number of ether oxygens (including phenoxy) is 1. The normalized spacial score (nSPS) is 11.6. The van der Waals surface area contributed by atoms with Crippen LogP contribution in [0.15, 0.2) is 41.5 Å². The maximum absolute atomic E-state index is 13.6. The van der Waals surface area contributed by atoms with Gasteiger partial charge in [-0.3, -0.25) is 4.99 Å². The molecule has 0 saturated heterocycles. The Morgan fingerprint density at radius 2 is 1.75 bits per heavy atom.